The molecule has 0 aliphatic rings. The maximum absolute atomic E-state index is 12.2. The lowest BCUT2D eigenvalue weighted by molar-refractivity contribution is 0.0980. The van der Waals surface area contributed by atoms with Crippen LogP contribution in [0.25, 0.3) is 11.1 Å². The number of carbonyl (C=O) groups excluding carboxylic acids is 1. The molecular formula is C26H29NO4S. The van der Waals surface area contributed by atoms with Gasteiger partial charge in [-0.05, 0) is 40.8 Å². The van der Waals surface area contributed by atoms with Gasteiger partial charge in [0.25, 0.3) is 5.91 Å². The van der Waals surface area contributed by atoms with Gasteiger partial charge in [-0.3, -0.25) is 4.79 Å². The van der Waals surface area contributed by atoms with Crippen LogP contribution in [0.2, 0.25) is 0 Å². The average molecular weight is 452 g/mol. The summed E-state index contributed by atoms with van der Waals surface area (Å²) in [5.74, 6) is -0.641. The van der Waals surface area contributed by atoms with Crippen molar-refractivity contribution in [2.24, 2.45) is 0 Å². The highest BCUT2D eigenvalue weighted by atomic mass is 32.2. The van der Waals surface area contributed by atoms with E-state index in [0.29, 0.717) is 25.2 Å². The van der Waals surface area contributed by atoms with Crippen molar-refractivity contribution in [3.05, 3.63) is 95.6 Å². The zero-order valence-electron chi connectivity index (χ0n) is 18.3. The number of amides is 1. The SMILES string of the molecule is CCCCCS(=O)(=O)NC(=O)c1ccc(COCc2ccc(-c3ccccc3)cc2)cc1. The second-order valence-electron chi connectivity index (χ2n) is 7.71. The molecule has 0 saturated carbocycles. The van der Waals surface area contributed by atoms with Gasteiger partial charge in [-0.1, -0.05) is 86.5 Å². The second kappa shape index (κ2) is 11.6. The number of ether oxygens (including phenoxy) is 1. The van der Waals surface area contributed by atoms with Crippen LogP contribution in [-0.4, -0.2) is 20.1 Å². The minimum atomic E-state index is -3.60. The van der Waals surface area contributed by atoms with Crippen molar-refractivity contribution in [3.63, 3.8) is 0 Å². The van der Waals surface area contributed by atoms with E-state index in [-0.39, 0.29) is 5.75 Å². The van der Waals surface area contributed by atoms with Gasteiger partial charge in [0.15, 0.2) is 0 Å². The first-order valence-corrected chi connectivity index (χ1v) is 12.5. The highest BCUT2D eigenvalue weighted by molar-refractivity contribution is 7.90. The minimum Gasteiger partial charge on any atom is -0.372 e. The summed E-state index contributed by atoms with van der Waals surface area (Å²) in [5, 5.41) is 0. The van der Waals surface area contributed by atoms with E-state index in [0.717, 1.165) is 29.5 Å². The molecule has 0 atom stereocenters. The highest BCUT2D eigenvalue weighted by Gasteiger charge is 2.15. The zero-order valence-corrected chi connectivity index (χ0v) is 19.1. The summed E-state index contributed by atoms with van der Waals surface area (Å²) in [6.07, 6.45) is 2.29. The lowest BCUT2D eigenvalue weighted by Crippen LogP contribution is -2.32. The van der Waals surface area contributed by atoms with Gasteiger partial charge in [-0.25, -0.2) is 13.1 Å². The molecule has 0 saturated heterocycles. The van der Waals surface area contributed by atoms with Crippen LogP contribution in [0.4, 0.5) is 0 Å². The molecule has 0 aliphatic carbocycles. The van der Waals surface area contributed by atoms with Gasteiger partial charge in [-0.2, -0.15) is 0 Å². The Morgan fingerprint density at radius 3 is 1.94 bits per heavy atom. The quantitative estimate of drug-likeness (QED) is 0.401. The predicted octanol–water partition coefficient (Wildman–Crippen LogP) is 5.32. The van der Waals surface area contributed by atoms with Gasteiger partial charge in [0.2, 0.25) is 10.0 Å². The Labute approximate surface area is 190 Å². The molecule has 0 spiro atoms. The molecule has 0 heterocycles. The smallest absolute Gasteiger partial charge is 0.264 e. The van der Waals surface area contributed by atoms with Crippen molar-refractivity contribution in [1.29, 1.82) is 0 Å². The number of hydrogen-bond acceptors (Lipinski definition) is 4. The molecule has 32 heavy (non-hydrogen) atoms. The first-order chi connectivity index (χ1) is 15.5. The maximum atomic E-state index is 12.2. The van der Waals surface area contributed by atoms with Crippen LogP contribution in [-0.2, 0) is 28.0 Å². The third kappa shape index (κ3) is 7.32. The lowest BCUT2D eigenvalue weighted by Gasteiger charge is -2.08. The van der Waals surface area contributed by atoms with Crippen molar-refractivity contribution in [2.75, 3.05) is 5.75 Å². The van der Waals surface area contributed by atoms with Gasteiger partial charge >= 0.3 is 0 Å². The van der Waals surface area contributed by atoms with E-state index in [1.54, 1.807) is 24.3 Å². The number of unbranched alkanes of at least 4 members (excludes halogenated alkanes) is 2. The van der Waals surface area contributed by atoms with E-state index in [2.05, 4.69) is 41.1 Å². The first kappa shape index (κ1) is 23.7. The van der Waals surface area contributed by atoms with Crippen molar-refractivity contribution in [3.8, 4) is 11.1 Å². The van der Waals surface area contributed by atoms with Gasteiger partial charge < -0.3 is 4.74 Å². The summed E-state index contributed by atoms with van der Waals surface area (Å²) >= 11 is 0. The second-order valence-corrected chi connectivity index (χ2v) is 9.55. The molecule has 1 N–H and O–H groups in total. The Kier molecular flexibility index (Phi) is 8.59. The average Bonchev–Trinajstić information content (AvgIpc) is 2.80. The molecule has 6 heteroatoms. The van der Waals surface area contributed by atoms with Crippen molar-refractivity contribution in [1.82, 2.24) is 4.72 Å². The van der Waals surface area contributed by atoms with Gasteiger partial charge in [-0.15, -0.1) is 0 Å². The third-order valence-electron chi connectivity index (χ3n) is 5.08. The molecule has 0 aliphatic heterocycles. The van der Waals surface area contributed by atoms with E-state index in [1.807, 2.05) is 25.1 Å². The Bertz CT molecular complexity index is 1090. The normalized spacial score (nSPS) is 11.3. The molecule has 0 bridgehead atoms. The molecule has 3 aromatic carbocycles. The van der Waals surface area contributed by atoms with Gasteiger partial charge in [0, 0.05) is 5.56 Å². The Morgan fingerprint density at radius 1 is 0.781 bits per heavy atom. The van der Waals surface area contributed by atoms with Gasteiger partial charge in [0.1, 0.15) is 0 Å². The van der Waals surface area contributed by atoms with Crippen LogP contribution >= 0.6 is 0 Å². The zero-order chi connectivity index (χ0) is 22.8. The molecule has 3 aromatic rings. The molecule has 0 aromatic heterocycles. The molecule has 3 rings (SSSR count). The number of hydrogen-bond donors (Lipinski definition) is 1. The van der Waals surface area contributed by atoms with Crippen LogP contribution in [0.15, 0.2) is 78.9 Å². The number of benzene rings is 3. The Balaban J connectivity index is 1.47. The molecule has 0 fully saturated rings. The highest BCUT2D eigenvalue weighted by Crippen LogP contribution is 2.19. The maximum Gasteiger partial charge on any atom is 0.264 e. The summed E-state index contributed by atoms with van der Waals surface area (Å²) in [4.78, 5) is 12.2. The van der Waals surface area contributed by atoms with Gasteiger partial charge in [0.05, 0.1) is 19.0 Å². The summed E-state index contributed by atoms with van der Waals surface area (Å²) in [6.45, 7) is 2.88. The van der Waals surface area contributed by atoms with Crippen molar-refractivity contribution >= 4 is 15.9 Å². The largest absolute Gasteiger partial charge is 0.372 e. The van der Waals surface area contributed by atoms with Crippen LogP contribution in [0.5, 0.6) is 0 Å². The number of sulfonamides is 1. The summed E-state index contributed by atoms with van der Waals surface area (Å²) in [7, 11) is -3.60. The predicted molar refractivity (Wildman–Crippen MR) is 128 cm³/mol. The Morgan fingerprint density at radius 2 is 1.34 bits per heavy atom. The monoisotopic (exact) mass is 451 g/mol. The summed E-state index contributed by atoms with van der Waals surface area (Å²) in [5.41, 5.74) is 4.64. The van der Waals surface area contributed by atoms with Crippen LogP contribution in [0.3, 0.4) is 0 Å². The first-order valence-electron chi connectivity index (χ1n) is 10.8. The molecular weight excluding hydrogens is 422 g/mol. The fourth-order valence-corrected chi connectivity index (χ4v) is 4.34. The van der Waals surface area contributed by atoms with E-state index in [9.17, 15) is 13.2 Å². The van der Waals surface area contributed by atoms with E-state index in [4.69, 9.17) is 4.74 Å². The standard InChI is InChI=1S/C26H29NO4S/c1-2-3-7-18-32(29,30)27-26(28)25-16-12-22(13-17-25)20-31-19-21-10-14-24(15-11-21)23-8-5-4-6-9-23/h4-6,8-17H,2-3,7,18-20H2,1H3,(H,27,28). The molecule has 0 radical (unpaired) electrons. The number of nitrogens with one attached hydrogen (secondary N) is 1. The molecule has 1 amide bonds. The summed E-state index contributed by atoms with van der Waals surface area (Å²) < 4.78 is 31.9. The van der Waals surface area contributed by atoms with Crippen LogP contribution in [0.1, 0.15) is 47.7 Å². The lowest BCUT2D eigenvalue weighted by atomic mass is 10.0. The number of carbonyl (C=O) groups is 1. The fourth-order valence-electron chi connectivity index (χ4n) is 3.26. The van der Waals surface area contributed by atoms with E-state index in [1.165, 1.54) is 5.56 Å². The Hall–Kier alpha value is -2.96. The summed E-state index contributed by atoms with van der Waals surface area (Å²) in [6, 6.07) is 25.3. The molecule has 0 unspecified atom stereocenters. The third-order valence-corrected chi connectivity index (χ3v) is 6.40. The van der Waals surface area contributed by atoms with Crippen molar-refractivity contribution < 1.29 is 17.9 Å². The minimum absolute atomic E-state index is 0.0369. The van der Waals surface area contributed by atoms with Crippen LogP contribution in [0, 0.1) is 0 Å². The van der Waals surface area contributed by atoms with E-state index >= 15 is 0 Å². The molecule has 168 valence electrons. The van der Waals surface area contributed by atoms with E-state index < -0.39 is 15.9 Å². The number of rotatable bonds is 11. The topological polar surface area (TPSA) is 72.5 Å². The molecule has 5 nitrogen and oxygen atoms in total. The van der Waals surface area contributed by atoms with Crippen LogP contribution < -0.4 is 4.72 Å². The fraction of sp³-hybridized carbons (Fsp3) is 0.269. The van der Waals surface area contributed by atoms with Crippen molar-refractivity contribution in [2.45, 2.75) is 39.4 Å².